The Labute approximate surface area is 110 Å². The molecule has 0 aliphatic heterocycles. The van der Waals surface area contributed by atoms with Gasteiger partial charge in [0.25, 0.3) is 0 Å². The van der Waals surface area contributed by atoms with E-state index in [1.807, 2.05) is 0 Å². The number of halogens is 5. The Morgan fingerprint density at radius 3 is 2.26 bits per heavy atom. The molecule has 0 aromatic heterocycles. The van der Waals surface area contributed by atoms with Crippen LogP contribution < -0.4 is 0 Å². The molecule has 0 heterocycles. The Bertz CT molecular complexity index is 670. The molecule has 0 fully saturated rings. The third kappa shape index (κ3) is 2.46. The van der Waals surface area contributed by atoms with Crippen LogP contribution in [-0.2, 0) is 0 Å². The lowest BCUT2D eigenvalue weighted by atomic mass is 10.0. The van der Waals surface area contributed by atoms with Gasteiger partial charge in [-0.1, -0.05) is 11.6 Å². The van der Waals surface area contributed by atoms with Crippen molar-refractivity contribution in [1.29, 1.82) is 0 Å². The highest BCUT2D eigenvalue weighted by molar-refractivity contribution is 6.35. The Kier molecular flexibility index (Phi) is 3.57. The van der Waals surface area contributed by atoms with Crippen LogP contribution in [0.3, 0.4) is 0 Å². The molecule has 0 saturated heterocycles. The molecule has 0 radical (unpaired) electrons. The second-order valence-electron chi connectivity index (χ2n) is 3.68. The third-order valence-electron chi connectivity index (χ3n) is 2.45. The maximum absolute atomic E-state index is 13.5. The van der Waals surface area contributed by atoms with E-state index in [0.29, 0.717) is 6.07 Å². The molecule has 0 atom stereocenters. The summed E-state index contributed by atoms with van der Waals surface area (Å²) < 4.78 is 52.3. The molecule has 0 bridgehead atoms. The quantitative estimate of drug-likeness (QED) is 0.461. The van der Waals surface area contributed by atoms with Crippen molar-refractivity contribution in [3.63, 3.8) is 0 Å². The number of hydrogen-bond acceptors (Lipinski definition) is 1. The van der Waals surface area contributed by atoms with Gasteiger partial charge in [0, 0.05) is 5.56 Å². The fraction of sp³-hybridized carbons (Fsp3) is 0. The molecule has 0 N–H and O–H groups in total. The highest BCUT2D eigenvalue weighted by Crippen LogP contribution is 2.23. The maximum atomic E-state index is 13.5. The van der Waals surface area contributed by atoms with Gasteiger partial charge < -0.3 is 0 Å². The second-order valence-corrected chi connectivity index (χ2v) is 4.08. The van der Waals surface area contributed by atoms with Gasteiger partial charge in [-0.05, 0) is 30.3 Å². The van der Waals surface area contributed by atoms with Crippen molar-refractivity contribution in [1.82, 2.24) is 0 Å². The first-order valence-electron chi connectivity index (χ1n) is 5.05. The van der Waals surface area contributed by atoms with E-state index in [2.05, 4.69) is 0 Å². The summed E-state index contributed by atoms with van der Waals surface area (Å²) in [5.41, 5.74) is -1.04. The number of ketones is 1. The van der Waals surface area contributed by atoms with E-state index >= 15 is 0 Å². The van der Waals surface area contributed by atoms with Crippen LogP contribution in [0.1, 0.15) is 15.9 Å². The summed E-state index contributed by atoms with van der Waals surface area (Å²) in [6.45, 7) is 0. The van der Waals surface area contributed by atoms with Gasteiger partial charge in [-0.15, -0.1) is 0 Å². The first-order chi connectivity index (χ1) is 8.91. The van der Waals surface area contributed by atoms with Crippen LogP contribution in [0.5, 0.6) is 0 Å². The van der Waals surface area contributed by atoms with Gasteiger partial charge >= 0.3 is 0 Å². The Balaban J connectivity index is 2.56. The van der Waals surface area contributed by atoms with Gasteiger partial charge in [0.2, 0.25) is 0 Å². The average molecular weight is 289 g/mol. The summed E-state index contributed by atoms with van der Waals surface area (Å²) in [4.78, 5) is 11.9. The first kappa shape index (κ1) is 13.5. The molecule has 0 saturated carbocycles. The zero-order valence-electron chi connectivity index (χ0n) is 9.18. The molecule has 98 valence electrons. The van der Waals surface area contributed by atoms with Crippen LogP contribution in [0.25, 0.3) is 0 Å². The highest BCUT2D eigenvalue weighted by atomic mass is 35.5. The Hall–Kier alpha value is -1.88. The normalized spacial score (nSPS) is 10.6. The van der Waals surface area contributed by atoms with Crippen LogP contribution >= 0.6 is 11.6 Å². The lowest BCUT2D eigenvalue weighted by Crippen LogP contribution is -2.08. The van der Waals surface area contributed by atoms with Crippen LogP contribution in [0, 0.1) is 23.3 Å². The molecule has 1 nitrogen and oxygen atoms in total. The van der Waals surface area contributed by atoms with Crippen LogP contribution in [0.2, 0.25) is 5.02 Å². The molecular weight excluding hydrogens is 284 g/mol. The van der Waals surface area contributed by atoms with Gasteiger partial charge in [0.15, 0.2) is 23.2 Å². The number of rotatable bonds is 2. The fourth-order valence-electron chi connectivity index (χ4n) is 1.52. The standard InChI is InChI=1S/C13H5ClF4O/c14-9-3-1-6(15)5-8(9)13(19)7-2-4-10(16)12(18)11(7)17/h1-5H. The van der Waals surface area contributed by atoms with Crippen molar-refractivity contribution in [3.8, 4) is 0 Å². The topological polar surface area (TPSA) is 17.1 Å². The summed E-state index contributed by atoms with van der Waals surface area (Å²) in [6, 6.07) is 4.31. The lowest BCUT2D eigenvalue weighted by Gasteiger charge is -2.06. The van der Waals surface area contributed by atoms with E-state index in [-0.39, 0.29) is 10.6 Å². The van der Waals surface area contributed by atoms with Gasteiger partial charge in [0.1, 0.15) is 5.82 Å². The van der Waals surface area contributed by atoms with Gasteiger partial charge in [-0.25, -0.2) is 17.6 Å². The fourth-order valence-corrected chi connectivity index (χ4v) is 1.72. The minimum absolute atomic E-state index is 0.115. The van der Waals surface area contributed by atoms with E-state index in [9.17, 15) is 22.4 Å². The summed E-state index contributed by atoms with van der Waals surface area (Å²) in [5.74, 6) is -6.60. The van der Waals surface area contributed by atoms with Crippen LogP contribution in [0.4, 0.5) is 17.6 Å². The van der Waals surface area contributed by atoms with Gasteiger partial charge in [-0.3, -0.25) is 4.79 Å². The predicted octanol–water partition coefficient (Wildman–Crippen LogP) is 4.13. The van der Waals surface area contributed by atoms with E-state index in [1.165, 1.54) is 0 Å². The third-order valence-corrected chi connectivity index (χ3v) is 2.78. The molecule has 2 rings (SSSR count). The average Bonchev–Trinajstić information content (AvgIpc) is 2.38. The van der Waals surface area contributed by atoms with Gasteiger partial charge in [0.05, 0.1) is 10.6 Å². The predicted molar refractivity (Wildman–Crippen MR) is 61.2 cm³/mol. The zero-order valence-corrected chi connectivity index (χ0v) is 9.94. The monoisotopic (exact) mass is 288 g/mol. The Morgan fingerprint density at radius 1 is 0.895 bits per heavy atom. The molecule has 19 heavy (non-hydrogen) atoms. The summed E-state index contributed by atoms with van der Waals surface area (Å²) in [5, 5.41) is -0.115. The first-order valence-corrected chi connectivity index (χ1v) is 5.43. The van der Waals surface area contributed by atoms with E-state index in [4.69, 9.17) is 11.6 Å². The molecule has 0 unspecified atom stereocenters. The number of benzene rings is 2. The molecule has 0 aliphatic carbocycles. The van der Waals surface area contributed by atoms with Crippen LogP contribution in [0.15, 0.2) is 30.3 Å². The van der Waals surface area contributed by atoms with E-state index in [1.54, 1.807) is 0 Å². The number of carbonyl (C=O) groups is 1. The maximum Gasteiger partial charge on any atom is 0.197 e. The van der Waals surface area contributed by atoms with Crippen molar-refractivity contribution < 1.29 is 22.4 Å². The number of hydrogen-bond donors (Lipinski definition) is 0. The molecule has 0 aliphatic rings. The summed E-state index contributed by atoms with van der Waals surface area (Å²) in [6.07, 6.45) is 0. The van der Waals surface area contributed by atoms with Crippen molar-refractivity contribution in [2.45, 2.75) is 0 Å². The van der Waals surface area contributed by atoms with Crippen molar-refractivity contribution in [2.24, 2.45) is 0 Å². The molecule has 2 aromatic rings. The van der Waals surface area contributed by atoms with E-state index in [0.717, 1.165) is 24.3 Å². The SMILES string of the molecule is O=C(c1cc(F)ccc1Cl)c1ccc(F)c(F)c1F. The highest BCUT2D eigenvalue weighted by Gasteiger charge is 2.21. The van der Waals surface area contributed by atoms with E-state index < -0.39 is 34.6 Å². The van der Waals surface area contributed by atoms with Crippen LogP contribution in [-0.4, -0.2) is 5.78 Å². The smallest absolute Gasteiger partial charge is 0.197 e. The van der Waals surface area contributed by atoms with Crippen molar-refractivity contribution >= 4 is 17.4 Å². The molecule has 0 amide bonds. The van der Waals surface area contributed by atoms with Crippen molar-refractivity contribution in [2.75, 3.05) is 0 Å². The molecule has 2 aromatic carbocycles. The summed E-state index contributed by atoms with van der Waals surface area (Å²) in [7, 11) is 0. The number of carbonyl (C=O) groups excluding carboxylic acids is 1. The van der Waals surface area contributed by atoms with Gasteiger partial charge in [-0.2, -0.15) is 0 Å². The van der Waals surface area contributed by atoms with Crippen molar-refractivity contribution in [3.05, 3.63) is 69.8 Å². The Morgan fingerprint density at radius 2 is 1.58 bits per heavy atom. The largest absolute Gasteiger partial charge is 0.288 e. The molecule has 0 spiro atoms. The minimum atomic E-state index is -1.77. The molecular formula is C13H5ClF4O. The second kappa shape index (κ2) is 5.01. The molecule has 6 heteroatoms. The minimum Gasteiger partial charge on any atom is -0.288 e. The summed E-state index contributed by atoms with van der Waals surface area (Å²) >= 11 is 5.69. The lowest BCUT2D eigenvalue weighted by molar-refractivity contribution is 0.103. The zero-order chi connectivity index (χ0) is 14.2.